The number of halogens is 1. The lowest BCUT2D eigenvalue weighted by molar-refractivity contribution is -0.128. The van der Waals surface area contributed by atoms with Gasteiger partial charge in [0.05, 0.1) is 0 Å². The molecule has 3 rings (SSSR count). The van der Waals surface area contributed by atoms with E-state index in [1.54, 1.807) is 0 Å². The number of hydrogen-bond acceptors (Lipinski definition) is 3. The number of benzene rings is 1. The zero-order valence-corrected chi connectivity index (χ0v) is 16.2. The van der Waals surface area contributed by atoms with E-state index >= 15 is 0 Å². The first kappa shape index (κ1) is 18.0. The van der Waals surface area contributed by atoms with Crippen molar-refractivity contribution in [1.29, 1.82) is 0 Å². The molecule has 1 aliphatic carbocycles. The van der Waals surface area contributed by atoms with E-state index in [-0.39, 0.29) is 17.6 Å². The minimum atomic E-state index is -0.836. The fraction of sp³-hybridized carbons (Fsp3) is 0.474. The molecule has 1 aromatic heterocycles. The van der Waals surface area contributed by atoms with Gasteiger partial charge in [0.1, 0.15) is 11.1 Å². The van der Waals surface area contributed by atoms with Crippen molar-refractivity contribution in [3.05, 3.63) is 34.0 Å². The summed E-state index contributed by atoms with van der Waals surface area (Å²) in [7, 11) is 0. The van der Waals surface area contributed by atoms with Crippen LogP contribution in [0.4, 0.5) is 0 Å². The lowest BCUT2D eigenvalue weighted by atomic mass is 9.80. The van der Waals surface area contributed by atoms with Crippen LogP contribution in [-0.2, 0) is 4.79 Å². The van der Waals surface area contributed by atoms with Crippen LogP contribution in [0.2, 0.25) is 0 Å². The van der Waals surface area contributed by atoms with Gasteiger partial charge in [0.25, 0.3) is 5.91 Å². The molecule has 0 saturated heterocycles. The van der Waals surface area contributed by atoms with Crippen LogP contribution < -0.4 is 10.6 Å². The fourth-order valence-electron chi connectivity index (χ4n) is 3.58. The van der Waals surface area contributed by atoms with Crippen molar-refractivity contribution in [1.82, 2.24) is 10.6 Å². The summed E-state index contributed by atoms with van der Waals surface area (Å²) < 4.78 is 6.71. The highest BCUT2D eigenvalue weighted by Gasteiger charge is 2.41. The molecule has 2 aromatic rings. The Bertz CT molecular complexity index is 806. The van der Waals surface area contributed by atoms with E-state index in [4.69, 9.17) is 4.42 Å². The predicted octanol–water partition coefficient (Wildman–Crippen LogP) is 4.07. The summed E-state index contributed by atoms with van der Waals surface area (Å²) in [6.07, 6.45) is 4.28. The maximum Gasteiger partial charge on any atom is 0.288 e. The first-order valence-electron chi connectivity index (χ1n) is 8.76. The van der Waals surface area contributed by atoms with Crippen LogP contribution in [-0.4, -0.2) is 23.9 Å². The number of carbonyl (C=O) groups is 2. The summed E-state index contributed by atoms with van der Waals surface area (Å²) in [5.74, 6) is -0.139. The molecule has 0 unspecified atom stereocenters. The monoisotopic (exact) mass is 406 g/mol. The second-order valence-corrected chi connectivity index (χ2v) is 7.57. The van der Waals surface area contributed by atoms with Crippen LogP contribution in [0.15, 0.2) is 27.1 Å². The van der Waals surface area contributed by atoms with Gasteiger partial charge in [0.15, 0.2) is 5.76 Å². The molecular weight excluding hydrogens is 384 g/mol. The van der Waals surface area contributed by atoms with Gasteiger partial charge in [-0.25, -0.2) is 0 Å². The van der Waals surface area contributed by atoms with Crippen LogP contribution in [0.1, 0.15) is 55.1 Å². The Kier molecular flexibility index (Phi) is 5.18. The molecular formula is C19H23BrN2O3. The topological polar surface area (TPSA) is 71.3 Å². The molecule has 0 aliphatic heterocycles. The number of rotatable bonds is 4. The van der Waals surface area contributed by atoms with Gasteiger partial charge < -0.3 is 15.1 Å². The molecule has 1 aliphatic rings. The lowest BCUT2D eigenvalue weighted by Crippen LogP contribution is -2.59. The first-order valence-corrected chi connectivity index (χ1v) is 9.55. The van der Waals surface area contributed by atoms with Crippen molar-refractivity contribution in [2.24, 2.45) is 0 Å². The van der Waals surface area contributed by atoms with Crippen molar-refractivity contribution >= 4 is 38.7 Å². The normalized spacial score (nSPS) is 16.6. The largest absolute Gasteiger partial charge is 0.451 e. The molecule has 2 N–H and O–H groups in total. The van der Waals surface area contributed by atoms with Crippen molar-refractivity contribution in [2.75, 3.05) is 6.54 Å². The van der Waals surface area contributed by atoms with Gasteiger partial charge in [-0.05, 0) is 44.9 Å². The van der Waals surface area contributed by atoms with E-state index in [0.717, 1.165) is 34.7 Å². The second-order valence-electron chi connectivity index (χ2n) is 6.65. The highest BCUT2D eigenvalue weighted by Crippen LogP contribution is 2.31. The van der Waals surface area contributed by atoms with Gasteiger partial charge in [0.2, 0.25) is 5.91 Å². The number of fused-ring (bicyclic) bond motifs is 1. The van der Waals surface area contributed by atoms with Gasteiger partial charge in [-0.2, -0.15) is 0 Å². The number of hydrogen-bond donors (Lipinski definition) is 2. The Balaban J connectivity index is 1.91. The quantitative estimate of drug-likeness (QED) is 0.803. The summed E-state index contributed by atoms with van der Waals surface area (Å²) in [5.41, 5.74) is 0.620. The average Bonchev–Trinajstić information content (AvgIpc) is 2.92. The van der Waals surface area contributed by atoms with Gasteiger partial charge in [0, 0.05) is 22.0 Å². The van der Waals surface area contributed by atoms with E-state index in [0.29, 0.717) is 25.0 Å². The molecule has 2 amide bonds. The van der Waals surface area contributed by atoms with Crippen LogP contribution in [0.5, 0.6) is 0 Å². The van der Waals surface area contributed by atoms with Crippen molar-refractivity contribution in [3.63, 3.8) is 0 Å². The Labute approximate surface area is 155 Å². The molecule has 134 valence electrons. The molecule has 1 aromatic carbocycles. The van der Waals surface area contributed by atoms with E-state index in [1.165, 1.54) is 0 Å². The molecule has 0 radical (unpaired) electrons. The van der Waals surface area contributed by atoms with E-state index in [1.807, 2.05) is 32.0 Å². The molecule has 0 bridgehead atoms. The number of nitrogens with one attached hydrogen (secondary N) is 2. The third-order valence-corrected chi connectivity index (χ3v) is 5.43. The Hall–Kier alpha value is -1.82. The molecule has 1 fully saturated rings. The van der Waals surface area contributed by atoms with Gasteiger partial charge in [-0.1, -0.05) is 35.2 Å². The van der Waals surface area contributed by atoms with Crippen molar-refractivity contribution < 1.29 is 14.0 Å². The standard InChI is InChI=1S/C19H23BrN2O3/c1-3-21-18(24)19(9-5-4-6-10-19)22-17(23)16-12(2)14-11-13(20)7-8-15(14)25-16/h7-8,11H,3-6,9-10H2,1-2H3,(H,21,24)(H,22,23). The molecule has 0 spiro atoms. The van der Waals surface area contributed by atoms with Gasteiger partial charge >= 0.3 is 0 Å². The number of amides is 2. The fourth-order valence-corrected chi connectivity index (χ4v) is 3.94. The SMILES string of the molecule is CCNC(=O)C1(NC(=O)c2oc3ccc(Br)cc3c2C)CCCCC1. The number of furan rings is 1. The highest BCUT2D eigenvalue weighted by atomic mass is 79.9. The summed E-state index contributed by atoms with van der Waals surface area (Å²) in [6, 6.07) is 5.65. The van der Waals surface area contributed by atoms with E-state index in [9.17, 15) is 9.59 Å². The smallest absolute Gasteiger partial charge is 0.288 e. The Morgan fingerprint density at radius 3 is 2.64 bits per heavy atom. The summed E-state index contributed by atoms with van der Waals surface area (Å²) in [6.45, 7) is 4.30. The van der Waals surface area contributed by atoms with E-state index in [2.05, 4.69) is 26.6 Å². The first-order chi connectivity index (χ1) is 12.0. The third kappa shape index (κ3) is 3.45. The second kappa shape index (κ2) is 7.20. The third-order valence-electron chi connectivity index (χ3n) is 4.94. The summed E-state index contributed by atoms with van der Waals surface area (Å²) in [4.78, 5) is 25.5. The number of carbonyl (C=O) groups excluding carboxylic acids is 2. The minimum Gasteiger partial charge on any atom is -0.451 e. The molecule has 5 nitrogen and oxygen atoms in total. The summed E-state index contributed by atoms with van der Waals surface area (Å²) in [5, 5.41) is 6.76. The summed E-state index contributed by atoms with van der Waals surface area (Å²) >= 11 is 3.44. The number of aryl methyl sites for hydroxylation is 1. The molecule has 0 atom stereocenters. The molecule has 6 heteroatoms. The average molecular weight is 407 g/mol. The minimum absolute atomic E-state index is 0.0976. The van der Waals surface area contributed by atoms with Crippen LogP contribution >= 0.6 is 15.9 Å². The van der Waals surface area contributed by atoms with Crippen molar-refractivity contribution in [2.45, 2.75) is 51.5 Å². The molecule has 1 heterocycles. The molecule has 25 heavy (non-hydrogen) atoms. The van der Waals surface area contributed by atoms with Crippen LogP contribution in [0.3, 0.4) is 0 Å². The predicted molar refractivity (Wildman–Crippen MR) is 101 cm³/mol. The highest BCUT2D eigenvalue weighted by molar-refractivity contribution is 9.10. The van der Waals surface area contributed by atoms with Crippen LogP contribution in [0.25, 0.3) is 11.0 Å². The lowest BCUT2D eigenvalue weighted by Gasteiger charge is -2.36. The number of likely N-dealkylation sites (N-methyl/N-ethyl adjacent to an activating group) is 1. The van der Waals surface area contributed by atoms with Crippen LogP contribution in [0, 0.1) is 6.92 Å². The molecule has 1 saturated carbocycles. The van der Waals surface area contributed by atoms with Gasteiger partial charge in [-0.15, -0.1) is 0 Å². The Morgan fingerprint density at radius 2 is 1.96 bits per heavy atom. The Morgan fingerprint density at radius 1 is 1.24 bits per heavy atom. The zero-order chi connectivity index (χ0) is 18.0. The van der Waals surface area contributed by atoms with Crippen molar-refractivity contribution in [3.8, 4) is 0 Å². The van der Waals surface area contributed by atoms with E-state index < -0.39 is 5.54 Å². The maximum atomic E-state index is 12.9. The van der Waals surface area contributed by atoms with Gasteiger partial charge in [-0.3, -0.25) is 9.59 Å². The maximum absolute atomic E-state index is 12.9. The zero-order valence-electron chi connectivity index (χ0n) is 14.6.